The normalized spacial score (nSPS) is 13.3. The average molecular weight is 389 g/mol. The summed E-state index contributed by atoms with van der Waals surface area (Å²) in [6.45, 7) is 6.70. The maximum atomic E-state index is 12.3. The SMILES string of the molecule is CC(NC(=O)C(C)(C)C)C(=O)Nc1nc2ccc(OC(F)(F)F)cc2s1. The molecule has 10 heteroatoms. The van der Waals surface area contributed by atoms with Gasteiger partial charge in [-0.1, -0.05) is 32.1 Å². The highest BCUT2D eigenvalue weighted by Gasteiger charge is 2.31. The first kappa shape index (κ1) is 20.0. The number of alkyl halides is 3. The third-order valence-corrected chi connectivity index (χ3v) is 4.18. The molecule has 1 unspecified atom stereocenters. The lowest BCUT2D eigenvalue weighted by Crippen LogP contribution is -2.46. The number of amides is 2. The first-order chi connectivity index (χ1) is 11.8. The molecule has 2 N–H and O–H groups in total. The van der Waals surface area contributed by atoms with Gasteiger partial charge >= 0.3 is 6.36 Å². The van der Waals surface area contributed by atoms with Crippen LogP contribution in [0.2, 0.25) is 0 Å². The molecule has 0 aliphatic carbocycles. The summed E-state index contributed by atoms with van der Waals surface area (Å²) in [6.07, 6.45) is -4.78. The van der Waals surface area contributed by atoms with E-state index in [1.807, 2.05) is 0 Å². The number of hydrogen-bond donors (Lipinski definition) is 2. The van der Waals surface area contributed by atoms with Gasteiger partial charge < -0.3 is 15.4 Å². The van der Waals surface area contributed by atoms with Crippen LogP contribution in [-0.2, 0) is 9.59 Å². The predicted octanol–water partition coefficient (Wildman–Crippen LogP) is 3.68. The first-order valence-corrected chi connectivity index (χ1v) is 8.45. The highest BCUT2D eigenvalue weighted by Crippen LogP contribution is 2.31. The van der Waals surface area contributed by atoms with Gasteiger partial charge in [0.25, 0.3) is 0 Å². The molecule has 142 valence electrons. The molecule has 6 nitrogen and oxygen atoms in total. The molecule has 0 aliphatic rings. The van der Waals surface area contributed by atoms with Gasteiger partial charge in [-0.05, 0) is 19.1 Å². The van der Waals surface area contributed by atoms with Crippen LogP contribution in [0.15, 0.2) is 18.2 Å². The van der Waals surface area contributed by atoms with Crippen molar-refractivity contribution in [2.45, 2.75) is 40.1 Å². The van der Waals surface area contributed by atoms with E-state index in [-0.39, 0.29) is 16.8 Å². The Hall–Kier alpha value is -2.36. The van der Waals surface area contributed by atoms with Gasteiger partial charge in [0.2, 0.25) is 11.8 Å². The minimum atomic E-state index is -4.78. The Bertz CT molecular complexity index is 827. The Morgan fingerprint density at radius 1 is 1.23 bits per heavy atom. The van der Waals surface area contributed by atoms with Crippen molar-refractivity contribution in [1.82, 2.24) is 10.3 Å². The molecule has 0 saturated heterocycles. The maximum absolute atomic E-state index is 12.3. The quantitative estimate of drug-likeness (QED) is 0.836. The third-order valence-electron chi connectivity index (χ3n) is 3.25. The topological polar surface area (TPSA) is 80.3 Å². The summed E-state index contributed by atoms with van der Waals surface area (Å²) in [5.74, 6) is -1.12. The van der Waals surface area contributed by atoms with E-state index >= 15 is 0 Å². The summed E-state index contributed by atoms with van der Waals surface area (Å²) in [6, 6.07) is 2.92. The molecular formula is C16H18F3N3O3S. The van der Waals surface area contributed by atoms with Crippen molar-refractivity contribution in [3.05, 3.63) is 18.2 Å². The number of anilines is 1. The Balaban J connectivity index is 2.08. The number of thiazole rings is 1. The fraction of sp³-hybridized carbons (Fsp3) is 0.438. The van der Waals surface area contributed by atoms with Gasteiger partial charge in [0.15, 0.2) is 5.13 Å². The number of ether oxygens (including phenoxy) is 1. The zero-order chi connectivity index (χ0) is 19.7. The summed E-state index contributed by atoms with van der Waals surface area (Å²) in [7, 11) is 0. The van der Waals surface area contributed by atoms with Gasteiger partial charge in [-0.15, -0.1) is 13.2 Å². The molecule has 2 aromatic rings. The van der Waals surface area contributed by atoms with Gasteiger partial charge in [-0.25, -0.2) is 4.98 Å². The number of rotatable bonds is 4. The predicted molar refractivity (Wildman–Crippen MR) is 92.0 cm³/mol. The van der Waals surface area contributed by atoms with Crippen LogP contribution in [0.25, 0.3) is 10.2 Å². The third kappa shape index (κ3) is 5.32. The van der Waals surface area contributed by atoms with Gasteiger partial charge in [-0.2, -0.15) is 0 Å². The summed E-state index contributed by atoms with van der Waals surface area (Å²) in [5, 5.41) is 5.35. The molecule has 1 heterocycles. The van der Waals surface area contributed by atoms with E-state index in [9.17, 15) is 22.8 Å². The van der Waals surface area contributed by atoms with E-state index in [4.69, 9.17) is 0 Å². The van der Waals surface area contributed by atoms with Crippen LogP contribution < -0.4 is 15.4 Å². The van der Waals surface area contributed by atoms with E-state index in [1.165, 1.54) is 19.1 Å². The van der Waals surface area contributed by atoms with Crippen LogP contribution in [0.1, 0.15) is 27.7 Å². The van der Waals surface area contributed by atoms with Crippen molar-refractivity contribution in [1.29, 1.82) is 0 Å². The zero-order valence-corrected chi connectivity index (χ0v) is 15.3. The van der Waals surface area contributed by atoms with Crippen molar-refractivity contribution in [2.24, 2.45) is 5.41 Å². The van der Waals surface area contributed by atoms with E-state index in [0.717, 1.165) is 17.4 Å². The number of benzene rings is 1. The van der Waals surface area contributed by atoms with E-state index < -0.39 is 23.7 Å². The average Bonchev–Trinajstić information content (AvgIpc) is 2.85. The second-order valence-corrected chi connectivity index (χ2v) is 7.66. The highest BCUT2D eigenvalue weighted by atomic mass is 32.1. The van der Waals surface area contributed by atoms with Crippen LogP contribution in [-0.4, -0.2) is 29.2 Å². The molecule has 2 rings (SSSR count). The monoisotopic (exact) mass is 389 g/mol. The van der Waals surface area contributed by atoms with Crippen LogP contribution in [0.5, 0.6) is 5.75 Å². The Morgan fingerprint density at radius 2 is 1.88 bits per heavy atom. The number of carbonyl (C=O) groups is 2. The Morgan fingerprint density at radius 3 is 2.46 bits per heavy atom. The largest absolute Gasteiger partial charge is 0.573 e. The molecule has 0 bridgehead atoms. The molecule has 26 heavy (non-hydrogen) atoms. The van der Waals surface area contributed by atoms with Crippen molar-refractivity contribution in [3.63, 3.8) is 0 Å². The number of fused-ring (bicyclic) bond motifs is 1. The van der Waals surface area contributed by atoms with Gasteiger partial charge in [0.05, 0.1) is 10.2 Å². The molecule has 0 fully saturated rings. The summed E-state index contributed by atoms with van der Waals surface area (Å²) < 4.78 is 41.1. The van der Waals surface area contributed by atoms with Crippen molar-refractivity contribution < 1.29 is 27.5 Å². The molecule has 1 aromatic heterocycles. The van der Waals surface area contributed by atoms with Gasteiger partial charge in [-0.3, -0.25) is 9.59 Å². The lowest BCUT2D eigenvalue weighted by molar-refractivity contribution is -0.274. The van der Waals surface area contributed by atoms with Gasteiger partial charge in [0, 0.05) is 11.5 Å². The molecule has 1 atom stereocenters. The highest BCUT2D eigenvalue weighted by molar-refractivity contribution is 7.22. The standard InChI is InChI=1S/C16H18F3N3O3S/c1-8(20-13(24)15(2,3)4)12(23)22-14-21-10-6-5-9(7-11(10)26-14)25-16(17,18)19/h5-8H,1-4H3,(H,20,24)(H,21,22,23). The van der Waals surface area contributed by atoms with E-state index in [0.29, 0.717) is 10.2 Å². The van der Waals surface area contributed by atoms with Crippen LogP contribution in [0, 0.1) is 5.41 Å². The number of carbonyl (C=O) groups excluding carboxylic acids is 2. The molecule has 0 spiro atoms. The lowest BCUT2D eigenvalue weighted by atomic mass is 9.95. The maximum Gasteiger partial charge on any atom is 0.573 e. The van der Waals surface area contributed by atoms with Crippen LogP contribution in [0.4, 0.5) is 18.3 Å². The van der Waals surface area contributed by atoms with Crippen LogP contribution in [0.3, 0.4) is 0 Å². The smallest absolute Gasteiger partial charge is 0.406 e. The van der Waals surface area contributed by atoms with E-state index in [2.05, 4.69) is 20.4 Å². The second kappa shape index (κ2) is 7.10. The number of nitrogens with zero attached hydrogens (tertiary/aromatic N) is 1. The number of halogens is 3. The minimum absolute atomic E-state index is 0.214. The van der Waals surface area contributed by atoms with Crippen molar-refractivity contribution in [2.75, 3.05) is 5.32 Å². The summed E-state index contributed by atoms with van der Waals surface area (Å²) >= 11 is 1.00. The van der Waals surface area contributed by atoms with E-state index in [1.54, 1.807) is 20.8 Å². The Kier molecular flexibility index (Phi) is 5.45. The molecular weight excluding hydrogens is 371 g/mol. The fourth-order valence-corrected chi connectivity index (χ4v) is 2.75. The number of aromatic nitrogens is 1. The van der Waals surface area contributed by atoms with Crippen molar-refractivity contribution in [3.8, 4) is 5.75 Å². The zero-order valence-electron chi connectivity index (χ0n) is 14.5. The molecule has 0 saturated carbocycles. The second-order valence-electron chi connectivity index (χ2n) is 6.63. The molecule has 1 aromatic carbocycles. The first-order valence-electron chi connectivity index (χ1n) is 7.63. The fourth-order valence-electron chi connectivity index (χ4n) is 1.85. The number of nitrogens with one attached hydrogen (secondary N) is 2. The molecule has 0 radical (unpaired) electrons. The summed E-state index contributed by atoms with van der Waals surface area (Å²) in [5.41, 5.74) is -0.217. The number of hydrogen-bond acceptors (Lipinski definition) is 5. The Labute approximate surface area is 151 Å². The molecule has 2 amide bonds. The summed E-state index contributed by atoms with van der Waals surface area (Å²) in [4.78, 5) is 28.2. The minimum Gasteiger partial charge on any atom is -0.406 e. The van der Waals surface area contributed by atoms with Gasteiger partial charge in [0.1, 0.15) is 11.8 Å². The van der Waals surface area contributed by atoms with Crippen molar-refractivity contribution >= 4 is 38.5 Å². The lowest BCUT2D eigenvalue weighted by Gasteiger charge is -2.21. The van der Waals surface area contributed by atoms with Crippen LogP contribution >= 0.6 is 11.3 Å². The molecule has 0 aliphatic heterocycles.